The van der Waals surface area contributed by atoms with Crippen LogP contribution in [-0.2, 0) is 4.79 Å². The van der Waals surface area contributed by atoms with E-state index < -0.39 is 0 Å². The summed E-state index contributed by atoms with van der Waals surface area (Å²) in [6, 6.07) is 0. The predicted molar refractivity (Wildman–Crippen MR) is 45.3 cm³/mol. The molecule has 2 heterocycles. The molecule has 0 aromatic carbocycles. The first kappa shape index (κ1) is 7.15. The Labute approximate surface area is 70.1 Å². The summed E-state index contributed by atoms with van der Waals surface area (Å²) in [6.07, 6.45) is 1.55. The SMILES string of the molecule is [B]=C1C(=O)Nc2nc(C)ncc21. The van der Waals surface area contributed by atoms with Gasteiger partial charge < -0.3 is 0 Å². The molecule has 0 atom stereocenters. The molecule has 0 bridgehead atoms. The zero-order valence-corrected chi connectivity index (χ0v) is 6.46. The van der Waals surface area contributed by atoms with Crippen LogP contribution >= 0.6 is 0 Å². The molecule has 0 saturated carbocycles. The van der Waals surface area contributed by atoms with Crippen molar-refractivity contribution >= 4 is 24.7 Å². The molecule has 1 aromatic heterocycles. The topological polar surface area (TPSA) is 54.9 Å². The monoisotopic (exact) mass is 158 g/mol. The summed E-state index contributed by atoms with van der Waals surface area (Å²) in [5.74, 6) is 0.818. The molecule has 1 amide bonds. The second kappa shape index (κ2) is 2.23. The molecule has 1 radical (unpaired) electrons. The Kier molecular flexibility index (Phi) is 1.33. The van der Waals surface area contributed by atoms with Gasteiger partial charge in [0.1, 0.15) is 0 Å². The zero-order chi connectivity index (χ0) is 8.72. The van der Waals surface area contributed by atoms with Crippen LogP contribution in [-0.4, -0.2) is 28.8 Å². The molecule has 12 heavy (non-hydrogen) atoms. The number of aryl methyl sites for hydroxylation is 1. The summed E-state index contributed by atoms with van der Waals surface area (Å²) in [5.41, 5.74) is 0.774. The van der Waals surface area contributed by atoms with Gasteiger partial charge in [-0.05, 0) is 0 Å². The van der Waals surface area contributed by atoms with Crippen LogP contribution in [0.2, 0.25) is 0 Å². The minimum absolute atomic E-state index is 0.185. The van der Waals surface area contributed by atoms with E-state index in [1.54, 1.807) is 13.1 Å². The van der Waals surface area contributed by atoms with Crippen molar-refractivity contribution in [2.24, 2.45) is 0 Å². The first-order valence-corrected chi connectivity index (χ1v) is 3.46. The predicted octanol–water partition coefficient (Wildman–Crippen LogP) is -0.574. The third-order valence-electron chi connectivity index (χ3n) is 1.68. The maximum absolute atomic E-state index is 11.0. The molecule has 5 heteroatoms. The van der Waals surface area contributed by atoms with Crippen LogP contribution in [0.4, 0.5) is 5.82 Å². The molecule has 0 unspecified atom stereocenters. The Morgan fingerprint density at radius 2 is 2.33 bits per heavy atom. The summed E-state index contributed by atoms with van der Waals surface area (Å²) >= 11 is 0. The van der Waals surface area contributed by atoms with Crippen LogP contribution in [0.1, 0.15) is 11.4 Å². The molecular weight excluding hydrogens is 153 g/mol. The van der Waals surface area contributed by atoms with Gasteiger partial charge in [-0.2, -0.15) is 0 Å². The summed E-state index contributed by atoms with van der Waals surface area (Å²) < 4.78 is 0. The van der Waals surface area contributed by atoms with E-state index in [4.69, 9.17) is 7.49 Å². The van der Waals surface area contributed by atoms with Crippen LogP contribution in [0.3, 0.4) is 0 Å². The Bertz CT molecular complexity index is 388. The van der Waals surface area contributed by atoms with Gasteiger partial charge in [0.25, 0.3) is 0 Å². The van der Waals surface area contributed by atoms with Gasteiger partial charge in [-0.3, -0.25) is 0 Å². The number of nitrogens with zero attached hydrogens (tertiary/aromatic N) is 2. The van der Waals surface area contributed by atoms with E-state index in [1.807, 2.05) is 0 Å². The van der Waals surface area contributed by atoms with Gasteiger partial charge >= 0.3 is 69.3 Å². The molecule has 1 aliphatic heterocycles. The fourth-order valence-electron chi connectivity index (χ4n) is 1.06. The van der Waals surface area contributed by atoms with Crippen LogP contribution < -0.4 is 5.32 Å². The number of hydrogen-bond acceptors (Lipinski definition) is 3. The van der Waals surface area contributed by atoms with Crippen molar-refractivity contribution in [2.75, 3.05) is 5.32 Å². The van der Waals surface area contributed by atoms with Gasteiger partial charge in [-0.25, -0.2) is 0 Å². The molecule has 0 fully saturated rings. The van der Waals surface area contributed by atoms with E-state index in [0.717, 1.165) is 0 Å². The Balaban J connectivity index is 2.62. The third kappa shape index (κ3) is 0.862. The van der Waals surface area contributed by atoms with Crippen LogP contribution in [0.5, 0.6) is 0 Å². The van der Waals surface area contributed by atoms with Crippen LogP contribution in [0.25, 0.3) is 0 Å². The summed E-state index contributed by atoms with van der Waals surface area (Å²) in [7, 11) is 5.46. The van der Waals surface area contributed by atoms with Crippen molar-refractivity contribution in [3.8, 4) is 0 Å². The van der Waals surface area contributed by atoms with Crippen LogP contribution in [0.15, 0.2) is 6.20 Å². The van der Waals surface area contributed by atoms with Gasteiger partial charge in [-0.1, -0.05) is 0 Å². The number of fused-ring (bicyclic) bond motifs is 1. The number of anilines is 1. The van der Waals surface area contributed by atoms with E-state index in [2.05, 4.69) is 15.3 Å². The van der Waals surface area contributed by atoms with Crippen LogP contribution in [0, 0.1) is 6.92 Å². The average Bonchev–Trinajstić information content (AvgIpc) is 2.28. The van der Waals surface area contributed by atoms with E-state index >= 15 is 0 Å². The summed E-state index contributed by atoms with van der Waals surface area (Å²) in [4.78, 5) is 18.9. The number of carbonyl (C=O) groups excluding carboxylic acids is 1. The fourth-order valence-corrected chi connectivity index (χ4v) is 1.06. The first-order chi connectivity index (χ1) is 5.68. The molecule has 2 rings (SSSR count). The second-order valence-electron chi connectivity index (χ2n) is 2.55. The van der Waals surface area contributed by atoms with Gasteiger partial charge in [-0.15, -0.1) is 0 Å². The van der Waals surface area contributed by atoms with Crippen molar-refractivity contribution in [1.29, 1.82) is 0 Å². The van der Waals surface area contributed by atoms with E-state index in [1.165, 1.54) is 0 Å². The number of rotatable bonds is 0. The molecular formula is C7H5BN3O. The summed E-state index contributed by atoms with van der Waals surface area (Å²) in [5, 5.41) is 2.54. The second-order valence-corrected chi connectivity index (χ2v) is 2.55. The molecule has 1 N–H and O–H groups in total. The number of hydrogen-bond donors (Lipinski definition) is 1. The first-order valence-electron chi connectivity index (χ1n) is 3.46. The quantitative estimate of drug-likeness (QED) is 0.514. The molecule has 4 nitrogen and oxygen atoms in total. The molecule has 57 valence electrons. The van der Waals surface area contributed by atoms with Gasteiger partial charge in [0, 0.05) is 0 Å². The molecule has 1 aromatic rings. The number of aromatic nitrogens is 2. The number of carbonyl (C=O) groups is 1. The third-order valence-corrected chi connectivity index (χ3v) is 1.68. The molecule has 0 spiro atoms. The van der Waals surface area contributed by atoms with Gasteiger partial charge in [0.15, 0.2) is 0 Å². The Hall–Kier alpha value is -1.52. The molecule has 1 aliphatic rings. The number of nitrogens with one attached hydrogen (secondary N) is 1. The number of amides is 1. The zero-order valence-electron chi connectivity index (χ0n) is 6.46. The van der Waals surface area contributed by atoms with Gasteiger partial charge in [0.2, 0.25) is 0 Å². The summed E-state index contributed by atoms with van der Waals surface area (Å²) in [6.45, 7) is 1.75. The Morgan fingerprint density at radius 3 is 3.08 bits per heavy atom. The van der Waals surface area contributed by atoms with Crippen molar-refractivity contribution in [1.82, 2.24) is 9.97 Å². The molecule has 0 aliphatic carbocycles. The van der Waals surface area contributed by atoms with Crippen molar-refractivity contribution in [3.05, 3.63) is 17.6 Å². The minimum atomic E-state index is -0.301. The average molecular weight is 158 g/mol. The maximum atomic E-state index is 11.0. The molecule has 0 saturated heterocycles. The van der Waals surface area contributed by atoms with E-state index in [9.17, 15) is 4.79 Å². The van der Waals surface area contributed by atoms with Gasteiger partial charge in [0.05, 0.1) is 0 Å². The van der Waals surface area contributed by atoms with E-state index in [0.29, 0.717) is 17.2 Å². The standard InChI is InChI=1S/C7H5BN3O/c1-3-9-2-4-5(8)7(12)11-6(4)10-3/h2H,1H3,(H,9,10,11,12). The van der Waals surface area contributed by atoms with Crippen molar-refractivity contribution < 1.29 is 4.79 Å². The fraction of sp³-hybridized carbons (Fsp3) is 0.143. The Morgan fingerprint density at radius 1 is 1.58 bits per heavy atom. The normalized spacial score (nSPS) is 14.3. The van der Waals surface area contributed by atoms with E-state index in [-0.39, 0.29) is 11.4 Å². The van der Waals surface area contributed by atoms with Crippen molar-refractivity contribution in [3.63, 3.8) is 0 Å². The van der Waals surface area contributed by atoms with Crippen molar-refractivity contribution in [2.45, 2.75) is 6.92 Å².